The number of para-hydroxylation sites is 1. The quantitative estimate of drug-likeness (QED) is 0.321. The van der Waals surface area contributed by atoms with Gasteiger partial charge in [0.2, 0.25) is 0 Å². The molecule has 0 spiro atoms. The molecule has 1 unspecified atom stereocenters. The summed E-state index contributed by atoms with van der Waals surface area (Å²) >= 11 is 5.31. The molecule has 1 aliphatic heterocycles. The predicted molar refractivity (Wildman–Crippen MR) is 138 cm³/mol. The third-order valence-corrected chi connectivity index (χ3v) is 6.54. The van der Waals surface area contributed by atoms with E-state index in [1.807, 2.05) is 24.4 Å². The number of hydrogen-bond acceptors (Lipinski definition) is 2. The van der Waals surface area contributed by atoms with E-state index in [-0.39, 0.29) is 10.8 Å². The second kappa shape index (κ2) is 10.2. The van der Waals surface area contributed by atoms with Crippen molar-refractivity contribution < 1.29 is 13.2 Å². The average molecular weight is 487 g/mol. The summed E-state index contributed by atoms with van der Waals surface area (Å²) in [6, 6.07) is 11.7. The molecule has 3 N–H and O–H groups in total. The number of halogens is 3. The van der Waals surface area contributed by atoms with E-state index in [1.165, 1.54) is 30.5 Å². The molecule has 3 aromatic rings. The maximum atomic E-state index is 13.3. The van der Waals surface area contributed by atoms with E-state index < -0.39 is 11.7 Å². The third kappa shape index (κ3) is 5.45. The van der Waals surface area contributed by atoms with Gasteiger partial charge in [0.1, 0.15) is 0 Å². The zero-order chi connectivity index (χ0) is 24.3. The van der Waals surface area contributed by atoms with Gasteiger partial charge in [-0.15, -0.1) is 0 Å². The van der Waals surface area contributed by atoms with Crippen molar-refractivity contribution in [3.63, 3.8) is 0 Å². The van der Waals surface area contributed by atoms with Crippen molar-refractivity contribution in [1.82, 2.24) is 9.88 Å². The first-order valence-corrected chi connectivity index (χ1v) is 12.0. The van der Waals surface area contributed by atoms with Crippen molar-refractivity contribution >= 4 is 45.2 Å². The van der Waals surface area contributed by atoms with Crippen molar-refractivity contribution in [2.75, 3.05) is 23.7 Å². The number of hydrogen-bond donors (Lipinski definition) is 3. The van der Waals surface area contributed by atoms with Gasteiger partial charge in [-0.2, -0.15) is 13.2 Å². The number of nitrogens with zero attached hydrogens (tertiary/aromatic N) is 1. The van der Waals surface area contributed by atoms with E-state index >= 15 is 0 Å². The molecule has 0 saturated carbocycles. The third-order valence-electron chi connectivity index (χ3n) is 6.34. The highest BCUT2D eigenvalue weighted by atomic mass is 32.1. The Bertz CT molecular complexity index is 1200. The molecule has 0 saturated heterocycles. The molecule has 2 aromatic carbocycles. The molecule has 0 radical (unpaired) electrons. The fourth-order valence-electron chi connectivity index (χ4n) is 4.52. The van der Waals surface area contributed by atoms with Crippen LogP contribution in [0.3, 0.4) is 0 Å². The minimum atomic E-state index is -4.46. The second-order valence-corrected chi connectivity index (χ2v) is 9.11. The first-order chi connectivity index (χ1) is 16.3. The Labute approximate surface area is 203 Å². The number of aromatic amines is 1. The van der Waals surface area contributed by atoms with E-state index in [0.717, 1.165) is 42.0 Å². The van der Waals surface area contributed by atoms with Crippen LogP contribution in [0, 0.1) is 0 Å². The summed E-state index contributed by atoms with van der Waals surface area (Å²) in [6.45, 7) is 6.48. The van der Waals surface area contributed by atoms with Crippen LogP contribution in [0.5, 0.6) is 0 Å². The second-order valence-electron chi connectivity index (χ2n) is 8.70. The summed E-state index contributed by atoms with van der Waals surface area (Å²) in [4.78, 5) is 5.84. The van der Waals surface area contributed by atoms with Crippen molar-refractivity contribution in [3.8, 4) is 0 Å². The highest BCUT2D eigenvalue weighted by Crippen LogP contribution is 2.35. The van der Waals surface area contributed by atoms with Crippen molar-refractivity contribution in [1.29, 1.82) is 0 Å². The standard InChI is InChI=1S/C26H29F3N4S/c1-3-6-17(2)33-13-11-18(12-14-33)21-16-30-23-10-9-19(15-20(21)23)31-25(34)32-24-8-5-4-7-22(24)26(27,28)29/h4-5,7-11,15-17,30H,3,6,12-14H2,1-2H3,(H2,31,32,34). The number of alkyl halides is 3. The van der Waals surface area contributed by atoms with E-state index in [2.05, 4.69) is 40.4 Å². The zero-order valence-electron chi connectivity index (χ0n) is 19.3. The lowest BCUT2D eigenvalue weighted by molar-refractivity contribution is -0.136. The molecular formula is C26H29F3N4S. The molecule has 1 aliphatic rings. The highest BCUT2D eigenvalue weighted by Gasteiger charge is 2.33. The van der Waals surface area contributed by atoms with E-state index in [9.17, 15) is 13.2 Å². The van der Waals surface area contributed by atoms with Gasteiger partial charge < -0.3 is 15.6 Å². The van der Waals surface area contributed by atoms with Gasteiger partial charge in [-0.05, 0) is 67.9 Å². The summed E-state index contributed by atoms with van der Waals surface area (Å²) in [7, 11) is 0. The molecular weight excluding hydrogens is 457 g/mol. The molecule has 0 fully saturated rings. The first-order valence-electron chi connectivity index (χ1n) is 11.5. The number of nitrogens with one attached hydrogen (secondary N) is 3. The number of H-pyrrole nitrogens is 1. The predicted octanol–water partition coefficient (Wildman–Crippen LogP) is 7.27. The molecule has 34 heavy (non-hydrogen) atoms. The lowest BCUT2D eigenvalue weighted by Crippen LogP contribution is -2.36. The Morgan fingerprint density at radius 2 is 1.97 bits per heavy atom. The van der Waals surface area contributed by atoms with Crippen LogP contribution in [0.4, 0.5) is 24.5 Å². The number of thiocarbonyl (C=S) groups is 1. The normalized spacial score (nSPS) is 15.7. The number of anilines is 2. The average Bonchev–Trinajstić information content (AvgIpc) is 3.22. The van der Waals surface area contributed by atoms with Crippen LogP contribution in [0.1, 0.15) is 44.2 Å². The van der Waals surface area contributed by atoms with Crippen LogP contribution in [-0.2, 0) is 6.18 Å². The van der Waals surface area contributed by atoms with Crippen LogP contribution in [0.25, 0.3) is 16.5 Å². The maximum Gasteiger partial charge on any atom is 0.418 e. The van der Waals surface area contributed by atoms with Gasteiger partial charge in [-0.3, -0.25) is 4.90 Å². The molecule has 0 aliphatic carbocycles. The Kier molecular flexibility index (Phi) is 7.28. The van der Waals surface area contributed by atoms with Crippen LogP contribution < -0.4 is 10.6 Å². The minimum absolute atomic E-state index is 0.0786. The largest absolute Gasteiger partial charge is 0.418 e. The van der Waals surface area contributed by atoms with Crippen molar-refractivity contribution in [2.45, 2.75) is 45.3 Å². The molecule has 1 atom stereocenters. The monoisotopic (exact) mass is 486 g/mol. The van der Waals surface area contributed by atoms with E-state index in [4.69, 9.17) is 12.2 Å². The summed E-state index contributed by atoms with van der Waals surface area (Å²) in [5, 5.41) is 6.88. The molecule has 2 heterocycles. The van der Waals surface area contributed by atoms with Crippen molar-refractivity contribution in [3.05, 3.63) is 65.9 Å². The number of rotatable bonds is 6. The van der Waals surface area contributed by atoms with Crippen LogP contribution in [0.2, 0.25) is 0 Å². The van der Waals surface area contributed by atoms with Gasteiger partial charge in [-0.25, -0.2) is 0 Å². The topological polar surface area (TPSA) is 43.1 Å². The van der Waals surface area contributed by atoms with Crippen LogP contribution >= 0.6 is 12.2 Å². The Morgan fingerprint density at radius 1 is 1.18 bits per heavy atom. The molecule has 0 bridgehead atoms. The Hall–Kier alpha value is -2.84. The van der Waals surface area contributed by atoms with Gasteiger partial charge in [0.25, 0.3) is 0 Å². The van der Waals surface area contributed by atoms with Crippen LogP contribution in [0.15, 0.2) is 54.7 Å². The fraction of sp³-hybridized carbons (Fsp3) is 0.346. The van der Waals surface area contributed by atoms with Gasteiger partial charge in [0.05, 0.1) is 11.3 Å². The lowest BCUT2D eigenvalue weighted by Gasteiger charge is -2.31. The van der Waals surface area contributed by atoms with Gasteiger partial charge in [-0.1, -0.05) is 31.6 Å². The first kappa shape index (κ1) is 24.3. The van der Waals surface area contributed by atoms with Gasteiger partial charge in [0.15, 0.2) is 5.11 Å². The summed E-state index contributed by atoms with van der Waals surface area (Å²) in [5.41, 5.74) is 3.35. The van der Waals surface area contributed by atoms with Gasteiger partial charge in [0, 0.05) is 47.5 Å². The minimum Gasteiger partial charge on any atom is -0.361 e. The summed E-state index contributed by atoms with van der Waals surface area (Å²) < 4.78 is 39.8. The van der Waals surface area contributed by atoms with E-state index in [0.29, 0.717) is 11.7 Å². The Balaban J connectivity index is 1.50. The lowest BCUT2D eigenvalue weighted by atomic mass is 9.97. The van der Waals surface area contributed by atoms with Crippen LogP contribution in [-0.4, -0.2) is 34.1 Å². The number of aromatic nitrogens is 1. The highest BCUT2D eigenvalue weighted by molar-refractivity contribution is 7.80. The summed E-state index contributed by atoms with van der Waals surface area (Å²) in [5.74, 6) is 0. The summed E-state index contributed by atoms with van der Waals surface area (Å²) in [6.07, 6.45) is 3.24. The maximum absolute atomic E-state index is 13.3. The number of benzene rings is 2. The fourth-order valence-corrected chi connectivity index (χ4v) is 4.75. The van der Waals surface area contributed by atoms with E-state index in [1.54, 1.807) is 6.07 Å². The van der Waals surface area contributed by atoms with Crippen molar-refractivity contribution in [2.24, 2.45) is 0 Å². The smallest absolute Gasteiger partial charge is 0.361 e. The number of fused-ring (bicyclic) bond motifs is 1. The molecule has 180 valence electrons. The molecule has 4 nitrogen and oxygen atoms in total. The van der Waals surface area contributed by atoms with Gasteiger partial charge >= 0.3 is 6.18 Å². The SMILES string of the molecule is CCCC(C)N1CC=C(c2c[nH]c3ccc(NC(=S)Nc4ccccc4C(F)(F)F)cc23)CC1. The molecule has 1 aromatic heterocycles. The molecule has 8 heteroatoms. The zero-order valence-corrected chi connectivity index (χ0v) is 20.1. The molecule has 4 rings (SSSR count). The Morgan fingerprint density at radius 3 is 2.68 bits per heavy atom. The molecule has 0 amide bonds.